The quantitative estimate of drug-likeness (QED) is 0.230. The SMILES string of the molecule is CNC(=O)COc1cc2cc(Nc3nc(N4CCN(c5ccc6c(c5)CN([C@H]5CCC(=O)NC5=O)C6=O)CC4)ncc3Cl)ccc2n(C)c1=O. The molecule has 7 rings (SSSR count). The number of anilines is 4. The molecule has 1 atom stereocenters. The van der Waals surface area contributed by atoms with Crippen molar-refractivity contribution in [2.45, 2.75) is 25.4 Å². The van der Waals surface area contributed by atoms with Crippen molar-refractivity contribution < 1.29 is 23.9 Å². The molecule has 3 N–H and O–H groups in total. The minimum absolute atomic E-state index is 0.0600. The zero-order valence-corrected chi connectivity index (χ0v) is 28.1. The first kappa shape index (κ1) is 32.8. The lowest BCUT2D eigenvalue weighted by atomic mass is 10.0. The van der Waals surface area contributed by atoms with E-state index in [2.05, 4.69) is 30.7 Å². The van der Waals surface area contributed by atoms with Gasteiger partial charge in [-0.05, 0) is 54.4 Å². The van der Waals surface area contributed by atoms with E-state index >= 15 is 0 Å². The van der Waals surface area contributed by atoms with Crippen LogP contribution in [-0.4, -0.2) is 88.9 Å². The lowest BCUT2D eigenvalue weighted by Crippen LogP contribution is -2.52. The monoisotopic (exact) mass is 699 g/mol. The van der Waals surface area contributed by atoms with Gasteiger partial charge in [-0.2, -0.15) is 4.98 Å². The highest BCUT2D eigenvalue weighted by Crippen LogP contribution is 2.32. The van der Waals surface area contributed by atoms with Gasteiger partial charge in [0.25, 0.3) is 17.4 Å². The van der Waals surface area contributed by atoms with Gasteiger partial charge in [0.05, 0.1) is 11.7 Å². The van der Waals surface area contributed by atoms with Gasteiger partial charge in [0, 0.05) is 75.6 Å². The largest absolute Gasteiger partial charge is 0.478 e. The van der Waals surface area contributed by atoms with Crippen molar-refractivity contribution in [3.8, 4) is 5.75 Å². The molecule has 0 aliphatic carbocycles. The molecule has 0 spiro atoms. The second-order valence-electron chi connectivity index (χ2n) is 12.3. The minimum Gasteiger partial charge on any atom is -0.478 e. The van der Waals surface area contributed by atoms with Gasteiger partial charge in [-0.3, -0.25) is 29.3 Å². The van der Waals surface area contributed by atoms with Gasteiger partial charge in [-0.1, -0.05) is 11.6 Å². The number of likely N-dealkylation sites (N-methyl/N-ethyl adjacent to an activating group) is 1. The number of pyridine rings is 1. The number of nitrogens with zero attached hydrogens (tertiary/aromatic N) is 6. The second kappa shape index (κ2) is 13.3. The van der Waals surface area contributed by atoms with Crippen LogP contribution >= 0.6 is 11.6 Å². The summed E-state index contributed by atoms with van der Waals surface area (Å²) in [6.07, 6.45) is 2.10. The molecule has 3 aliphatic rings. The smallest absolute Gasteiger partial charge is 0.293 e. The van der Waals surface area contributed by atoms with Gasteiger partial charge in [0.15, 0.2) is 18.2 Å². The van der Waals surface area contributed by atoms with Crippen molar-refractivity contribution in [1.29, 1.82) is 0 Å². The molecular weight excluding hydrogens is 666 g/mol. The second-order valence-corrected chi connectivity index (χ2v) is 12.7. The van der Waals surface area contributed by atoms with E-state index in [1.807, 2.05) is 30.3 Å². The van der Waals surface area contributed by atoms with E-state index in [4.69, 9.17) is 21.3 Å². The number of amides is 4. The van der Waals surface area contributed by atoms with Crippen molar-refractivity contribution in [2.24, 2.45) is 7.05 Å². The molecule has 2 saturated heterocycles. The highest BCUT2D eigenvalue weighted by atomic mass is 35.5. The van der Waals surface area contributed by atoms with E-state index in [9.17, 15) is 24.0 Å². The molecule has 16 heteroatoms. The maximum absolute atomic E-state index is 13.1. The van der Waals surface area contributed by atoms with E-state index in [0.29, 0.717) is 78.1 Å². The summed E-state index contributed by atoms with van der Waals surface area (Å²) < 4.78 is 6.94. The number of piperazine rings is 1. The fraction of sp³-hybridized carbons (Fsp3) is 0.324. The number of hydrogen-bond acceptors (Lipinski definition) is 11. The fourth-order valence-electron chi connectivity index (χ4n) is 6.51. The number of carbonyl (C=O) groups is 4. The number of halogens is 1. The van der Waals surface area contributed by atoms with E-state index in [0.717, 1.165) is 11.3 Å². The minimum atomic E-state index is -0.649. The van der Waals surface area contributed by atoms with Crippen molar-refractivity contribution in [2.75, 3.05) is 55.0 Å². The topological polar surface area (TPSA) is 171 Å². The number of nitrogens with one attached hydrogen (secondary N) is 3. The van der Waals surface area contributed by atoms with Gasteiger partial charge in [-0.15, -0.1) is 0 Å². The van der Waals surface area contributed by atoms with Crippen molar-refractivity contribution in [3.63, 3.8) is 0 Å². The third-order valence-corrected chi connectivity index (χ3v) is 9.53. The zero-order valence-electron chi connectivity index (χ0n) is 27.4. The number of aromatic nitrogens is 3. The van der Waals surface area contributed by atoms with Crippen molar-refractivity contribution in [3.05, 3.63) is 75.2 Å². The summed E-state index contributed by atoms with van der Waals surface area (Å²) in [5, 5.41) is 9.12. The van der Waals surface area contributed by atoms with Crippen LogP contribution in [0.25, 0.3) is 10.9 Å². The van der Waals surface area contributed by atoms with Gasteiger partial charge in [-0.25, -0.2) is 4.98 Å². The predicted molar refractivity (Wildman–Crippen MR) is 186 cm³/mol. The Morgan fingerprint density at radius 1 is 1.04 bits per heavy atom. The molecule has 0 saturated carbocycles. The highest BCUT2D eigenvalue weighted by molar-refractivity contribution is 6.33. The first-order chi connectivity index (χ1) is 24.1. The van der Waals surface area contributed by atoms with Crippen LogP contribution in [0.15, 0.2) is 53.5 Å². The van der Waals surface area contributed by atoms with Crippen LogP contribution in [0.3, 0.4) is 0 Å². The molecule has 2 aromatic carbocycles. The number of aryl methyl sites for hydroxylation is 1. The van der Waals surface area contributed by atoms with Gasteiger partial charge >= 0.3 is 0 Å². The molecule has 3 aliphatic heterocycles. The van der Waals surface area contributed by atoms with E-state index in [1.165, 1.54) is 11.6 Å². The molecule has 5 heterocycles. The van der Waals surface area contributed by atoms with Crippen LogP contribution in [0, 0.1) is 0 Å². The first-order valence-electron chi connectivity index (χ1n) is 16.1. The Morgan fingerprint density at radius 3 is 2.58 bits per heavy atom. The Morgan fingerprint density at radius 2 is 1.82 bits per heavy atom. The van der Waals surface area contributed by atoms with Gasteiger partial charge in [0.2, 0.25) is 17.8 Å². The van der Waals surface area contributed by atoms with E-state index < -0.39 is 11.9 Å². The Labute approximate surface area is 291 Å². The molecular formula is C34H34ClN9O6. The molecule has 50 heavy (non-hydrogen) atoms. The molecule has 0 radical (unpaired) electrons. The molecule has 4 amide bonds. The Hall–Kier alpha value is -5.70. The summed E-state index contributed by atoms with van der Waals surface area (Å²) in [7, 11) is 3.13. The molecule has 2 aromatic heterocycles. The van der Waals surface area contributed by atoms with Crippen LogP contribution in [0.4, 0.5) is 23.1 Å². The average molecular weight is 700 g/mol. The summed E-state index contributed by atoms with van der Waals surface area (Å²) in [6.45, 7) is 2.70. The number of fused-ring (bicyclic) bond motifs is 2. The van der Waals surface area contributed by atoms with Crippen LogP contribution in [-0.2, 0) is 28.0 Å². The normalized spacial score (nSPS) is 17.5. The number of ether oxygens (including phenoxy) is 1. The first-order valence-corrected chi connectivity index (χ1v) is 16.5. The summed E-state index contributed by atoms with van der Waals surface area (Å²) in [6, 6.07) is 12.2. The van der Waals surface area contributed by atoms with E-state index in [1.54, 1.807) is 30.3 Å². The standard InChI is InChI=1S/C34H34ClN9O6/c1-36-29(46)18-50-27-15-19-13-21(3-6-25(19)41(2)33(27)49)38-30-24(35)16-37-34(40-30)43-11-9-42(10-12-43)22-4-5-23-20(14-22)17-44(32(23)48)26-7-8-28(45)39-31(26)47/h3-6,13-16,26H,7-12,17-18H2,1-2H3,(H,36,46)(H,37,38,40)(H,39,45,47)/t26-/m0/s1. The molecule has 2 fully saturated rings. The number of piperidine rings is 1. The molecule has 0 unspecified atom stereocenters. The molecule has 258 valence electrons. The highest BCUT2D eigenvalue weighted by Gasteiger charge is 2.39. The van der Waals surface area contributed by atoms with Gasteiger partial charge < -0.3 is 34.6 Å². The lowest BCUT2D eigenvalue weighted by Gasteiger charge is -2.36. The zero-order chi connectivity index (χ0) is 35.1. The number of benzene rings is 2. The third-order valence-electron chi connectivity index (χ3n) is 9.26. The van der Waals surface area contributed by atoms with Crippen LogP contribution in [0.2, 0.25) is 5.02 Å². The summed E-state index contributed by atoms with van der Waals surface area (Å²) in [4.78, 5) is 76.6. The van der Waals surface area contributed by atoms with Crippen molar-refractivity contribution >= 4 is 69.3 Å². The number of rotatable bonds is 8. The maximum Gasteiger partial charge on any atom is 0.293 e. The average Bonchev–Trinajstić information content (AvgIpc) is 3.44. The van der Waals surface area contributed by atoms with Crippen LogP contribution in [0.5, 0.6) is 5.75 Å². The molecule has 15 nitrogen and oxygen atoms in total. The molecule has 0 bridgehead atoms. The third kappa shape index (κ3) is 6.27. The van der Waals surface area contributed by atoms with E-state index in [-0.39, 0.29) is 42.1 Å². The van der Waals surface area contributed by atoms with Gasteiger partial charge in [0.1, 0.15) is 11.1 Å². The van der Waals surface area contributed by atoms with Crippen LogP contribution < -0.4 is 36.0 Å². The Bertz CT molecular complexity index is 2110. The fourth-order valence-corrected chi connectivity index (χ4v) is 6.64. The number of carbonyl (C=O) groups excluding carboxylic acids is 4. The summed E-state index contributed by atoms with van der Waals surface area (Å²) in [5.74, 6) is -0.279. The summed E-state index contributed by atoms with van der Waals surface area (Å²) >= 11 is 6.51. The predicted octanol–water partition coefficient (Wildman–Crippen LogP) is 1.94. The van der Waals surface area contributed by atoms with Crippen LogP contribution in [0.1, 0.15) is 28.8 Å². The maximum atomic E-state index is 13.1. The number of imide groups is 1. The Balaban J connectivity index is 1.02. The lowest BCUT2D eigenvalue weighted by molar-refractivity contribution is -0.137. The number of hydrogen-bond donors (Lipinski definition) is 3. The van der Waals surface area contributed by atoms with Crippen molar-refractivity contribution in [1.82, 2.24) is 30.1 Å². The Kier molecular flexibility index (Phi) is 8.74. The molecule has 4 aromatic rings. The summed E-state index contributed by atoms with van der Waals surface area (Å²) in [5.41, 5.74) is 3.43.